The quantitative estimate of drug-likeness (QED) is 0.260. The highest BCUT2D eigenvalue weighted by molar-refractivity contribution is 5.81. The predicted octanol–water partition coefficient (Wildman–Crippen LogP) is -1.46. The molecule has 0 bridgehead atoms. The monoisotopic (exact) mass is 350 g/mol. The minimum absolute atomic E-state index is 0.128. The van der Waals surface area contributed by atoms with Gasteiger partial charge in [0.15, 0.2) is 0 Å². The summed E-state index contributed by atoms with van der Waals surface area (Å²) >= 11 is 0. The van der Waals surface area contributed by atoms with Gasteiger partial charge >= 0.3 is 11.9 Å². The maximum atomic E-state index is 10.7. The van der Waals surface area contributed by atoms with E-state index in [1.807, 2.05) is 0 Å². The Hall–Kier alpha value is -1.78. The Morgan fingerprint density at radius 2 is 1.25 bits per heavy atom. The lowest BCUT2D eigenvalue weighted by atomic mass is 10.4. The normalized spacial score (nSPS) is 13.5. The van der Waals surface area contributed by atoms with Crippen LogP contribution >= 0.6 is 0 Å². The van der Waals surface area contributed by atoms with Crippen molar-refractivity contribution in [1.29, 1.82) is 0 Å². The van der Waals surface area contributed by atoms with Crippen molar-refractivity contribution >= 4 is 11.9 Å². The van der Waals surface area contributed by atoms with E-state index in [1.54, 1.807) is 0 Å². The van der Waals surface area contributed by atoms with Crippen LogP contribution in [0.2, 0.25) is 0 Å². The molecule has 0 aliphatic rings. The summed E-state index contributed by atoms with van der Waals surface area (Å²) in [5.74, 6) is -1.29. The number of hydrogen-bond donors (Lipinski definition) is 4. The molecule has 0 saturated heterocycles. The molecule has 0 saturated carbocycles. The first-order valence-electron chi connectivity index (χ1n) is 7.07. The minimum Gasteiger partial charge on any atom is -0.460 e. The van der Waals surface area contributed by atoms with E-state index < -0.39 is 30.3 Å². The van der Waals surface area contributed by atoms with Gasteiger partial charge in [-0.1, -0.05) is 13.2 Å². The third kappa shape index (κ3) is 18.3. The van der Waals surface area contributed by atoms with E-state index in [2.05, 4.69) is 22.6 Å². The Bertz CT molecular complexity index is 338. The van der Waals surface area contributed by atoms with Gasteiger partial charge in [-0.15, -0.1) is 0 Å². The summed E-state index contributed by atoms with van der Waals surface area (Å²) < 4.78 is 14.1. The number of ether oxygens (including phenoxy) is 3. The molecule has 0 heterocycles. The molecule has 9 nitrogen and oxygen atoms in total. The zero-order valence-electron chi connectivity index (χ0n) is 13.7. The molecule has 0 radical (unpaired) electrons. The molecule has 0 spiro atoms. The Morgan fingerprint density at radius 1 is 0.917 bits per heavy atom. The van der Waals surface area contributed by atoms with Crippen molar-refractivity contribution in [3.8, 4) is 0 Å². The second kappa shape index (κ2) is 16.1. The van der Waals surface area contributed by atoms with Gasteiger partial charge in [-0.05, 0) is 6.92 Å². The van der Waals surface area contributed by atoms with Gasteiger partial charge in [0.05, 0.1) is 25.9 Å². The second-order valence-corrected chi connectivity index (χ2v) is 4.55. The Morgan fingerprint density at radius 3 is 1.50 bits per heavy atom. The van der Waals surface area contributed by atoms with Crippen molar-refractivity contribution in [2.75, 3.05) is 33.0 Å². The van der Waals surface area contributed by atoms with Crippen LogP contribution in [0.3, 0.4) is 0 Å². The fourth-order valence-electron chi connectivity index (χ4n) is 0.911. The van der Waals surface area contributed by atoms with Gasteiger partial charge in [-0.3, -0.25) is 0 Å². The molecule has 0 aromatic rings. The fourth-order valence-corrected chi connectivity index (χ4v) is 0.911. The molecule has 0 aliphatic heterocycles. The van der Waals surface area contributed by atoms with Crippen LogP contribution in [0.5, 0.6) is 0 Å². The van der Waals surface area contributed by atoms with Crippen LogP contribution in [-0.4, -0.2) is 83.7 Å². The van der Waals surface area contributed by atoms with Crippen LogP contribution in [-0.2, 0) is 23.8 Å². The highest BCUT2D eigenvalue weighted by Gasteiger charge is 2.10. The molecule has 0 aromatic heterocycles. The van der Waals surface area contributed by atoms with Crippen LogP contribution in [0.1, 0.15) is 6.92 Å². The van der Waals surface area contributed by atoms with E-state index in [0.717, 1.165) is 12.2 Å². The molecular weight excluding hydrogens is 324 g/mol. The summed E-state index contributed by atoms with van der Waals surface area (Å²) in [5, 5.41) is 34.7. The van der Waals surface area contributed by atoms with Crippen molar-refractivity contribution in [3.05, 3.63) is 25.3 Å². The minimum atomic E-state index is -1.01. The number of esters is 2. The van der Waals surface area contributed by atoms with E-state index in [1.165, 1.54) is 6.92 Å². The summed E-state index contributed by atoms with van der Waals surface area (Å²) in [7, 11) is 0. The number of carbonyl (C=O) groups excluding carboxylic acids is 2. The summed E-state index contributed by atoms with van der Waals surface area (Å²) in [6.07, 6.45) is -0.620. The largest absolute Gasteiger partial charge is 0.460 e. The van der Waals surface area contributed by atoms with Gasteiger partial charge in [-0.25, -0.2) is 9.59 Å². The smallest absolute Gasteiger partial charge is 0.330 e. The van der Waals surface area contributed by atoms with Gasteiger partial charge in [-0.2, -0.15) is 0 Å². The SMILES string of the molecule is C=CC(=O)OCC(O)COCC(O)COC(=O)C=C.CC(O)CO. The van der Waals surface area contributed by atoms with E-state index in [0.29, 0.717) is 0 Å². The molecule has 24 heavy (non-hydrogen) atoms. The van der Waals surface area contributed by atoms with Gasteiger partial charge < -0.3 is 34.6 Å². The molecule has 9 heteroatoms. The van der Waals surface area contributed by atoms with E-state index in [-0.39, 0.29) is 33.0 Å². The Labute approximate surface area is 140 Å². The highest BCUT2D eigenvalue weighted by Crippen LogP contribution is 1.93. The summed E-state index contributed by atoms with van der Waals surface area (Å²) in [6.45, 7) is 7.07. The molecule has 140 valence electrons. The predicted molar refractivity (Wildman–Crippen MR) is 83.9 cm³/mol. The fraction of sp³-hybridized carbons (Fsp3) is 0.600. The average molecular weight is 350 g/mol. The van der Waals surface area contributed by atoms with Crippen molar-refractivity contribution in [2.24, 2.45) is 0 Å². The van der Waals surface area contributed by atoms with Crippen LogP contribution in [0.15, 0.2) is 25.3 Å². The maximum Gasteiger partial charge on any atom is 0.330 e. The zero-order chi connectivity index (χ0) is 19.0. The Balaban J connectivity index is 0. The number of rotatable bonds is 11. The van der Waals surface area contributed by atoms with Crippen molar-refractivity contribution < 1.29 is 44.2 Å². The molecule has 0 amide bonds. The van der Waals surface area contributed by atoms with E-state index >= 15 is 0 Å². The van der Waals surface area contributed by atoms with Crippen LogP contribution < -0.4 is 0 Å². The van der Waals surface area contributed by atoms with Gasteiger partial charge in [0.25, 0.3) is 0 Å². The van der Waals surface area contributed by atoms with Gasteiger partial charge in [0, 0.05) is 12.2 Å². The summed E-state index contributed by atoms with van der Waals surface area (Å²) in [4.78, 5) is 21.4. The lowest BCUT2D eigenvalue weighted by Crippen LogP contribution is -2.28. The van der Waals surface area contributed by atoms with E-state index in [9.17, 15) is 19.8 Å². The number of aliphatic hydroxyl groups is 4. The molecular formula is C15H26O9. The van der Waals surface area contributed by atoms with Crippen LogP contribution in [0.4, 0.5) is 0 Å². The summed E-state index contributed by atoms with van der Waals surface area (Å²) in [5.41, 5.74) is 0. The first kappa shape index (κ1) is 24.5. The molecule has 0 fully saturated rings. The number of carbonyl (C=O) groups is 2. The molecule has 4 N–H and O–H groups in total. The topological polar surface area (TPSA) is 143 Å². The zero-order valence-corrected chi connectivity index (χ0v) is 13.7. The van der Waals surface area contributed by atoms with Crippen molar-refractivity contribution in [3.63, 3.8) is 0 Å². The van der Waals surface area contributed by atoms with Gasteiger partial charge in [0.2, 0.25) is 0 Å². The third-order valence-corrected chi connectivity index (χ3v) is 2.05. The van der Waals surface area contributed by atoms with Crippen LogP contribution in [0.25, 0.3) is 0 Å². The lowest BCUT2D eigenvalue weighted by Gasteiger charge is -2.14. The molecule has 3 unspecified atom stereocenters. The van der Waals surface area contributed by atoms with Crippen molar-refractivity contribution in [1.82, 2.24) is 0 Å². The summed E-state index contributed by atoms with van der Waals surface area (Å²) in [6, 6.07) is 0. The first-order chi connectivity index (χ1) is 11.3. The second-order valence-electron chi connectivity index (χ2n) is 4.55. The molecule has 0 rings (SSSR count). The van der Waals surface area contributed by atoms with Gasteiger partial charge in [0.1, 0.15) is 25.4 Å². The lowest BCUT2D eigenvalue weighted by molar-refractivity contribution is -0.143. The standard InChI is InChI=1S/C12H18O7.C3H8O2/c1-3-11(15)18-7-9(13)5-17-6-10(14)8-19-12(16)4-2;1-3(5)2-4/h3-4,9-10,13-14H,1-2,5-8H2;3-5H,2H2,1H3. The molecule has 3 atom stereocenters. The van der Waals surface area contributed by atoms with Crippen LogP contribution in [0, 0.1) is 0 Å². The van der Waals surface area contributed by atoms with Crippen molar-refractivity contribution in [2.45, 2.75) is 25.2 Å². The molecule has 0 aliphatic carbocycles. The highest BCUT2D eigenvalue weighted by atomic mass is 16.6. The van der Waals surface area contributed by atoms with E-state index in [4.69, 9.17) is 14.9 Å². The number of aliphatic hydroxyl groups excluding tert-OH is 4. The first-order valence-corrected chi connectivity index (χ1v) is 7.07. The Kier molecular flexibility index (Phi) is 16.4. The number of hydrogen-bond acceptors (Lipinski definition) is 9. The third-order valence-electron chi connectivity index (χ3n) is 2.05. The average Bonchev–Trinajstić information content (AvgIpc) is 2.57. The molecule has 0 aromatic carbocycles. The maximum absolute atomic E-state index is 10.7.